The zero-order chi connectivity index (χ0) is 18.7. The number of methoxy groups -OCH3 is 2. The van der Waals surface area contributed by atoms with Crippen LogP contribution in [0, 0.1) is 11.8 Å². The Morgan fingerprint density at radius 2 is 1.12 bits per heavy atom. The predicted octanol–water partition coefficient (Wildman–Crippen LogP) is 3.91. The van der Waals surface area contributed by atoms with Gasteiger partial charge in [0.25, 0.3) is 0 Å². The molecule has 1 aromatic rings. The van der Waals surface area contributed by atoms with Crippen molar-refractivity contribution in [1.82, 2.24) is 0 Å². The number of Topliss-reactive ketones (excluding diaryl/α,β-unsaturated/α-hetero) is 1. The number of hydrogen-bond donors (Lipinski definition) is 0. The van der Waals surface area contributed by atoms with Crippen molar-refractivity contribution in [3.63, 3.8) is 0 Å². The lowest BCUT2D eigenvalue weighted by molar-refractivity contribution is -0.120. The molecule has 0 aromatic heterocycles. The molecule has 134 valence electrons. The van der Waals surface area contributed by atoms with E-state index in [0.717, 1.165) is 12.8 Å². The Bertz CT molecular complexity index is 499. The van der Waals surface area contributed by atoms with Crippen molar-refractivity contribution < 1.29 is 23.9 Å². The fourth-order valence-corrected chi connectivity index (χ4v) is 2.05. The van der Waals surface area contributed by atoms with Gasteiger partial charge in [-0.2, -0.15) is 0 Å². The number of carbonyl (C=O) groups excluding carboxylic acids is 3. The first kappa shape index (κ1) is 21.8. The van der Waals surface area contributed by atoms with Crippen LogP contribution < -0.4 is 0 Å². The van der Waals surface area contributed by atoms with Crippen LogP contribution in [0.4, 0.5) is 0 Å². The Morgan fingerprint density at radius 3 is 1.38 bits per heavy atom. The third-order valence-corrected chi connectivity index (χ3v) is 3.01. The summed E-state index contributed by atoms with van der Waals surface area (Å²) in [5, 5.41) is 0. The van der Waals surface area contributed by atoms with Crippen LogP contribution in [-0.2, 0) is 14.3 Å². The molecule has 0 bridgehead atoms. The maximum absolute atomic E-state index is 11.2. The fraction of sp³-hybridized carbons (Fsp3) is 0.526. The molecule has 0 N–H and O–H groups in total. The molecule has 0 aliphatic heterocycles. The van der Waals surface area contributed by atoms with E-state index in [1.165, 1.54) is 26.4 Å². The molecule has 0 aliphatic carbocycles. The number of esters is 2. The van der Waals surface area contributed by atoms with Crippen LogP contribution in [0.2, 0.25) is 0 Å². The minimum absolute atomic E-state index is 0.210. The first-order valence-corrected chi connectivity index (χ1v) is 8.00. The van der Waals surface area contributed by atoms with Crippen LogP contribution >= 0.6 is 0 Å². The summed E-state index contributed by atoms with van der Waals surface area (Å²) >= 11 is 0. The van der Waals surface area contributed by atoms with Crippen molar-refractivity contribution >= 4 is 17.7 Å². The topological polar surface area (TPSA) is 69.7 Å². The summed E-state index contributed by atoms with van der Waals surface area (Å²) in [6.45, 7) is 8.33. The maximum Gasteiger partial charge on any atom is 0.338 e. The lowest BCUT2D eigenvalue weighted by atomic mass is 10.00. The Labute approximate surface area is 144 Å². The van der Waals surface area contributed by atoms with Crippen molar-refractivity contribution in [3.05, 3.63) is 35.4 Å². The van der Waals surface area contributed by atoms with Gasteiger partial charge in [0.05, 0.1) is 25.3 Å². The van der Waals surface area contributed by atoms with Crippen molar-refractivity contribution in [1.29, 1.82) is 0 Å². The third kappa shape index (κ3) is 8.46. The van der Waals surface area contributed by atoms with E-state index in [-0.39, 0.29) is 11.1 Å². The highest BCUT2D eigenvalue weighted by molar-refractivity contribution is 6.03. The lowest BCUT2D eigenvalue weighted by Crippen LogP contribution is -2.11. The quantitative estimate of drug-likeness (QED) is 0.737. The predicted molar refractivity (Wildman–Crippen MR) is 93.0 cm³/mol. The molecule has 0 atom stereocenters. The molecule has 24 heavy (non-hydrogen) atoms. The number of hydrogen-bond acceptors (Lipinski definition) is 5. The van der Waals surface area contributed by atoms with E-state index >= 15 is 0 Å². The Morgan fingerprint density at radius 1 is 0.792 bits per heavy atom. The Kier molecular flexibility index (Phi) is 10.3. The number of benzene rings is 1. The van der Waals surface area contributed by atoms with Gasteiger partial charge in [-0.3, -0.25) is 4.79 Å². The van der Waals surface area contributed by atoms with Gasteiger partial charge in [0.2, 0.25) is 0 Å². The molecule has 1 aromatic carbocycles. The second-order valence-electron chi connectivity index (χ2n) is 6.26. The molecule has 0 radical (unpaired) electrons. The largest absolute Gasteiger partial charge is 0.465 e. The summed E-state index contributed by atoms with van der Waals surface area (Å²) < 4.78 is 9.05. The molecular weight excluding hydrogens is 308 g/mol. The molecule has 0 spiro atoms. The molecular formula is C19H28O5. The van der Waals surface area contributed by atoms with Gasteiger partial charge in [-0.25, -0.2) is 9.59 Å². The summed E-state index contributed by atoms with van der Waals surface area (Å²) in [6, 6.07) is 6.33. The van der Waals surface area contributed by atoms with Gasteiger partial charge in [0.15, 0.2) is 0 Å². The zero-order valence-electron chi connectivity index (χ0n) is 15.4. The van der Waals surface area contributed by atoms with Gasteiger partial charge >= 0.3 is 11.9 Å². The monoisotopic (exact) mass is 336 g/mol. The van der Waals surface area contributed by atoms with E-state index in [4.69, 9.17) is 0 Å². The van der Waals surface area contributed by atoms with Crippen LogP contribution in [0.15, 0.2) is 24.3 Å². The maximum atomic E-state index is 11.2. The Hall–Kier alpha value is -2.17. The second kappa shape index (κ2) is 11.4. The van der Waals surface area contributed by atoms with Gasteiger partial charge < -0.3 is 9.47 Å². The van der Waals surface area contributed by atoms with Crippen LogP contribution in [0.3, 0.4) is 0 Å². The molecule has 0 heterocycles. The minimum atomic E-state index is -0.550. The van der Waals surface area contributed by atoms with Crippen molar-refractivity contribution in [2.75, 3.05) is 14.2 Å². The number of carbonyl (C=O) groups is 3. The summed E-state index contributed by atoms with van der Waals surface area (Å²) in [5.74, 6) is 0.347. The molecule has 5 nitrogen and oxygen atoms in total. The second-order valence-corrected chi connectivity index (χ2v) is 6.26. The third-order valence-electron chi connectivity index (χ3n) is 3.01. The molecule has 1 rings (SSSR count). The smallest absolute Gasteiger partial charge is 0.338 e. The average Bonchev–Trinajstić information content (AvgIpc) is 2.52. The molecule has 0 aliphatic rings. The van der Waals surface area contributed by atoms with Crippen molar-refractivity contribution in [3.8, 4) is 0 Å². The van der Waals surface area contributed by atoms with Gasteiger partial charge in [-0.1, -0.05) is 39.8 Å². The molecule has 0 unspecified atom stereocenters. The van der Waals surface area contributed by atoms with Crippen molar-refractivity contribution in [2.24, 2.45) is 11.8 Å². The first-order chi connectivity index (χ1) is 11.2. The van der Waals surface area contributed by atoms with Gasteiger partial charge in [0.1, 0.15) is 5.78 Å². The standard InChI is InChI=1S/C10H10O4.C9H18O/c1-13-9(11)7-5-3-4-6-8(7)10(12)14-2;1-7(2)5-9(10)6-8(3)4/h3-6H,1-2H3;7-8H,5-6H2,1-4H3. The van der Waals surface area contributed by atoms with Crippen LogP contribution in [0.1, 0.15) is 61.3 Å². The highest BCUT2D eigenvalue weighted by Gasteiger charge is 2.16. The number of ether oxygens (including phenoxy) is 2. The first-order valence-electron chi connectivity index (χ1n) is 8.00. The fourth-order valence-electron chi connectivity index (χ4n) is 2.05. The van der Waals surface area contributed by atoms with E-state index in [0.29, 0.717) is 17.6 Å². The SMILES string of the molecule is CC(C)CC(=O)CC(C)C.COC(=O)c1ccccc1C(=O)OC. The summed E-state index contributed by atoms with van der Waals surface area (Å²) in [5.41, 5.74) is 0.420. The lowest BCUT2D eigenvalue weighted by Gasteiger charge is -2.05. The highest BCUT2D eigenvalue weighted by atomic mass is 16.5. The molecule has 0 saturated heterocycles. The summed E-state index contributed by atoms with van der Waals surface area (Å²) in [6.07, 6.45) is 1.50. The van der Waals surface area contributed by atoms with E-state index in [1.54, 1.807) is 12.1 Å². The zero-order valence-corrected chi connectivity index (χ0v) is 15.4. The minimum Gasteiger partial charge on any atom is -0.465 e. The van der Waals surface area contributed by atoms with E-state index in [2.05, 4.69) is 37.2 Å². The Balaban J connectivity index is 0.000000470. The highest BCUT2D eigenvalue weighted by Crippen LogP contribution is 2.11. The summed E-state index contributed by atoms with van der Waals surface area (Å²) in [7, 11) is 2.52. The van der Waals surface area contributed by atoms with Crippen LogP contribution in [-0.4, -0.2) is 31.9 Å². The summed E-state index contributed by atoms with van der Waals surface area (Å²) in [4.78, 5) is 33.5. The normalized spacial score (nSPS) is 10.0. The van der Waals surface area contributed by atoms with Gasteiger partial charge in [-0.15, -0.1) is 0 Å². The van der Waals surface area contributed by atoms with Crippen LogP contribution in [0.5, 0.6) is 0 Å². The van der Waals surface area contributed by atoms with Crippen molar-refractivity contribution in [2.45, 2.75) is 40.5 Å². The molecule has 0 fully saturated rings. The molecule has 5 heteroatoms. The molecule has 0 amide bonds. The number of rotatable bonds is 6. The van der Waals surface area contributed by atoms with E-state index in [9.17, 15) is 14.4 Å². The van der Waals surface area contributed by atoms with E-state index in [1.807, 2.05) is 0 Å². The average molecular weight is 336 g/mol. The molecule has 0 saturated carbocycles. The van der Waals surface area contributed by atoms with Gasteiger partial charge in [-0.05, 0) is 24.0 Å². The van der Waals surface area contributed by atoms with Crippen LogP contribution in [0.25, 0.3) is 0 Å². The number of ketones is 1. The van der Waals surface area contributed by atoms with E-state index < -0.39 is 11.9 Å². The van der Waals surface area contributed by atoms with Gasteiger partial charge in [0, 0.05) is 12.8 Å².